The third-order valence-electron chi connectivity index (χ3n) is 1.95. The molecule has 0 amide bonds. The number of carbonyl (C=O) groups is 2. The van der Waals surface area contributed by atoms with E-state index in [9.17, 15) is 9.59 Å². The molecule has 0 N–H and O–H groups in total. The number of allylic oxidation sites excluding steroid dienone is 8. The van der Waals surface area contributed by atoms with Crippen LogP contribution in [-0.4, -0.2) is 15.9 Å². The van der Waals surface area contributed by atoms with Crippen molar-refractivity contribution < 1.29 is 9.59 Å². The maximum Gasteiger partial charge on any atom is 0.191 e. The average Bonchev–Trinajstić information content (AvgIpc) is 2.50. The van der Waals surface area contributed by atoms with E-state index in [4.69, 9.17) is 69.6 Å². The van der Waals surface area contributed by atoms with Crippen LogP contribution < -0.4 is 0 Å². The van der Waals surface area contributed by atoms with E-state index in [2.05, 4.69) is 0 Å². The van der Waals surface area contributed by atoms with Gasteiger partial charge in [-0.3, -0.25) is 9.59 Å². The van der Waals surface area contributed by atoms with Crippen LogP contribution in [0.2, 0.25) is 0 Å². The van der Waals surface area contributed by atoms with Crippen molar-refractivity contribution in [3.63, 3.8) is 0 Å². The average molecular weight is 381 g/mol. The van der Waals surface area contributed by atoms with Crippen LogP contribution in [0.4, 0.5) is 0 Å². The Balaban J connectivity index is 0.000000200. The molecule has 0 saturated heterocycles. The number of halogens is 6. The Kier molecular flexibility index (Phi) is 5.99. The van der Waals surface area contributed by atoms with Gasteiger partial charge in [-0.05, 0) is 24.3 Å². The van der Waals surface area contributed by atoms with Gasteiger partial charge in [0, 0.05) is 0 Å². The van der Waals surface area contributed by atoms with Crippen molar-refractivity contribution in [2.24, 2.45) is 0 Å². The van der Waals surface area contributed by atoms with Gasteiger partial charge < -0.3 is 0 Å². The first-order chi connectivity index (χ1) is 8.67. The fourth-order valence-corrected chi connectivity index (χ4v) is 2.57. The molecule has 2 aliphatic rings. The molecule has 102 valence electrons. The number of carbonyl (C=O) groups excluding carboxylic acids is 2. The summed E-state index contributed by atoms with van der Waals surface area (Å²) in [7, 11) is 0. The monoisotopic (exact) mass is 378 g/mol. The highest BCUT2D eigenvalue weighted by molar-refractivity contribution is 6.67. The number of alkyl halides is 2. The van der Waals surface area contributed by atoms with Gasteiger partial charge in [-0.2, -0.15) is 0 Å². The molecule has 0 atom stereocenters. The zero-order chi connectivity index (χ0) is 14.8. The molecule has 2 aliphatic carbocycles. The highest BCUT2D eigenvalue weighted by Gasteiger charge is 2.42. The minimum absolute atomic E-state index is 0.0394. The van der Waals surface area contributed by atoms with E-state index in [-0.39, 0.29) is 31.7 Å². The Morgan fingerprint density at radius 3 is 1.11 bits per heavy atom. The SMILES string of the molecule is ClC1=C(Cl)C(Cl)(Cl)C(Cl)=C1Cl.O=C1C=CC(=O)C=C1. The molecule has 2 rings (SSSR count). The molecule has 2 nitrogen and oxygen atoms in total. The molecular weight excluding hydrogens is 377 g/mol. The van der Waals surface area contributed by atoms with Gasteiger partial charge >= 0.3 is 0 Å². The van der Waals surface area contributed by atoms with Gasteiger partial charge in [-0.1, -0.05) is 69.6 Å². The van der Waals surface area contributed by atoms with Crippen LogP contribution in [0, 0.1) is 0 Å². The van der Waals surface area contributed by atoms with Crippen molar-refractivity contribution >= 4 is 81.2 Å². The van der Waals surface area contributed by atoms with E-state index in [1.807, 2.05) is 0 Å². The van der Waals surface area contributed by atoms with Gasteiger partial charge in [0.1, 0.15) is 0 Å². The minimum Gasteiger partial charge on any atom is -0.290 e. The van der Waals surface area contributed by atoms with Gasteiger partial charge in [0.15, 0.2) is 15.9 Å². The highest BCUT2D eigenvalue weighted by atomic mass is 35.5. The van der Waals surface area contributed by atoms with Crippen LogP contribution in [0.5, 0.6) is 0 Å². The molecule has 8 heteroatoms. The molecule has 0 unspecified atom stereocenters. The fraction of sp³-hybridized carbons (Fsp3) is 0.0909. The third kappa shape index (κ3) is 4.01. The number of hydrogen-bond donors (Lipinski definition) is 0. The molecule has 0 aromatic heterocycles. The topological polar surface area (TPSA) is 34.1 Å². The normalized spacial score (nSPS) is 20.9. The molecule has 0 aromatic rings. The van der Waals surface area contributed by atoms with Crippen LogP contribution in [0.1, 0.15) is 0 Å². The van der Waals surface area contributed by atoms with E-state index in [0.717, 1.165) is 0 Å². The molecule has 0 aliphatic heterocycles. The maximum atomic E-state index is 10.3. The van der Waals surface area contributed by atoms with Gasteiger partial charge in [-0.15, -0.1) is 0 Å². The fourth-order valence-electron chi connectivity index (χ4n) is 1.00. The molecule has 0 bridgehead atoms. The molecule has 0 fully saturated rings. The Bertz CT molecular complexity index is 490. The summed E-state index contributed by atoms with van der Waals surface area (Å²) in [4.78, 5) is 20.6. The van der Waals surface area contributed by atoms with Crippen LogP contribution >= 0.6 is 69.6 Å². The second-order valence-electron chi connectivity index (χ2n) is 3.30. The molecule has 19 heavy (non-hydrogen) atoms. The number of hydrogen-bond acceptors (Lipinski definition) is 2. The van der Waals surface area contributed by atoms with Gasteiger partial charge in [0.05, 0.1) is 20.1 Å². The van der Waals surface area contributed by atoms with Crippen LogP contribution in [-0.2, 0) is 9.59 Å². The van der Waals surface area contributed by atoms with Crippen molar-refractivity contribution in [2.45, 2.75) is 4.33 Å². The summed E-state index contributed by atoms with van der Waals surface area (Å²) >= 11 is 33.8. The van der Waals surface area contributed by atoms with E-state index in [1.165, 1.54) is 24.3 Å². The van der Waals surface area contributed by atoms with Crippen molar-refractivity contribution in [2.75, 3.05) is 0 Å². The quantitative estimate of drug-likeness (QED) is 0.446. The summed E-state index contributed by atoms with van der Waals surface area (Å²) in [6.07, 6.45) is 5.01. The van der Waals surface area contributed by atoms with Gasteiger partial charge in [0.2, 0.25) is 0 Å². The van der Waals surface area contributed by atoms with Gasteiger partial charge in [0.25, 0.3) is 0 Å². The number of ketones is 2. The smallest absolute Gasteiger partial charge is 0.191 e. The molecule has 0 spiro atoms. The van der Waals surface area contributed by atoms with E-state index >= 15 is 0 Å². The van der Waals surface area contributed by atoms with Crippen molar-refractivity contribution in [3.8, 4) is 0 Å². The highest BCUT2D eigenvalue weighted by Crippen LogP contribution is 2.53. The Morgan fingerprint density at radius 2 is 0.947 bits per heavy atom. The largest absolute Gasteiger partial charge is 0.290 e. The molecule has 0 saturated carbocycles. The summed E-state index contributed by atoms with van der Waals surface area (Å²) in [5.74, 6) is -0.241. The lowest BCUT2D eigenvalue weighted by Gasteiger charge is -2.11. The van der Waals surface area contributed by atoms with Crippen molar-refractivity contribution in [1.29, 1.82) is 0 Å². The standard InChI is InChI=1S/C6H4O2.C5Cl6/c7-5-1-2-6(8)4-3-5;6-1-2(7)4(9)5(10,11)3(1)8/h1-4H;. The first-order valence-corrected chi connectivity index (χ1v) is 6.88. The molecule has 0 aromatic carbocycles. The van der Waals surface area contributed by atoms with Crippen LogP contribution in [0.25, 0.3) is 0 Å². The lowest BCUT2D eigenvalue weighted by Crippen LogP contribution is -2.09. The zero-order valence-corrected chi connectivity index (χ0v) is 13.4. The summed E-state index contributed by atoms with van der Waals surface area (Å²) in [5, 5.41) is 0.279. The Labute approximate surface area is 139 Å². The zero-order valence-electron chi connectivity index (χ0n) is 8.89. The predicted molar refractivity (Wildman–Crippen MR) is 80.2 cm³/mol. The second kappa shape index (κ2) is 6.66. The first kappa shape index (κ1) is 17.1. The van der Waals surface area contributed by atoms with E-state index in [0.29, 0.717) is 0 Å². The summed E-state index contributed by atoms with van der Waals surface area (Å²) in [6, 6.07) is 0. The van der Waals surface area contributed by atoms with E-state index in [1.54, 1.807) is 0 Å². The van der Waals surface area contributed by atoms with Crippen LogP contribution in [0.15, 0.2) is 44.4 Å². The molecular formula is C11H4Cl6O2. The summed E-state index contributed by atoms with van der Waals surface area (Å²) < 4.78 is -1.47. The second-order valence-corrected chi connectivity index (χ2v) is 6.14. The lowest BCUT2D eigenvalue weighted by atomic mass is 10.2. The Hall–Kier alpha value is 0.0400. The molecule has 0 radical (unpaired) electrons. The van der Waals surface area contributed by atoms with Gasteiger partial charge in [-0.25, -0.2) is 0 Å². The Morgan fingerprint density at radius 1 is 0.684 bits per heavy atom. The van der Waals surface area contributed by atoms with E-state index < -0.39 is 4.33 Å². The lowest BCUT2D eigenvalue weighted by molar-refractivity contribution is -0.113. The number of rotatable bonds is 0. The minimum atomic E-state index is -1.47. The summed E-state index contributed by atoms with van der Waals surface area (Å²) in [5.41, 5.74) is 0. The third-order valence-corrected chi connectivity index (χ3v) is 5.09. The predicted octanol–water partition coefficient (Wildman–Crippen LogP) is 4.80. The van der Waals surface area contributed by atoms with Crippen molar-refractivity contribution in [3.05, 3.63) is 44.4 Å². The first-order valence-electron chi connectivity index (χ1n) is 4.61. The maximum absolute atomic E-state index is 10.3. The summed E-state index contributed by atoms with van der Waals surface area (Å²) in [6.45, 7) is 0. The van der Waals surface area contributed by atoms with Crippen molar-refractivity contribution in [1.82, 2.24) is 0 Å². The molecule has 0 heterocycles. The van der Waals surface area contributed by atoms with Crippen LogP contribution in [0.3, 0.4) is 0 Å².